The molecule has 2 N–H and O–H groups in total. The number of rotatable bonds is 6. The fourth-order valence-electron chi connectivity index (χ4n) is 3.70. The SMILES string of the molecule is Cc1ccc(O[C@@H]2CC[C@H](CNC(=O)CC3CCOCC3)[C@H]2O)cc1. The average Bonchev–Trinajstić information content (AvgIpc) is 2.96. The molecular weight excluding hydrogens is 318 g/mol. The molecule has 2 fully saturated rings. The van der Waals surface area contributed by atoms with Crippen molar-refractivity contribution in [1.29, 1.82) is 0 Å². The summed E-state index contributed by atoms with van der Waals surface area (Å²) in [4.78, 5) is 12.1. The number of aliphatic hydroxyl groups is 1. The van der Waals surface area contributed by atoms with Gasteiger partial charge in [-0.2, -0.15) is 0 Å². The number of carbonyl (C=O) groups excluding carboxylic acids is 1. The Hall–Kier alpha value is -1.59. The Morgan fingerprint density at radius 2 is 1.92 bits per heavy atom. The molecule has 0 unspecified atom stereocenters. The van der Waals surface area contributed by atoms with Crippen LogP contribution in [0.4, 0.5) is 0 Å². The minimum absolute atomic E-state index is 0.0640. The molecule has 1 saturated carbocycles. The lowest BCUT2D eigenvalue weighted by Crippen LogP contribution is -2.37. The van der Waals surface area contributed by atoms with Gasteiger partial charge in [-0.25, -0.2) is 0 Å². The molecule has 2 aliphatic rings. The van der Waals surface area contributed by atoms with Crippen molar-refractivity contribution < 1.29 is 19.4 Å². The summed E-state index contributed by atoms with van der Waals surface area (Å²) in [6.07, 6.45) is 3.45. The molecule has 0 spiro atoms. The van der Waals surface area contributed by atoms with Gasteiger partial charge in [0.15, 0.2) is 0 Å². The van der Waals surface area contributed by atoms with Crippen LogP contribution in [-0.2, 0) is 9.53 Å². The van der Waals surface area contributed by atoms with Gasteiger partial charge < -0.3 is 19.9 Å². The maximum atomic E-state index is 12.1. The molecule has 3 atom stereocenters. The standard InChI is InChI=1S/C20H29NO4/c1-14-2-5-17(6-3-14)25-18-7-4-16(20(18)23)13-21-19(22)12-15-8-10-24-11-9-15/h2-3,5-6,15-16,18,20,23H,4,7-13H2,1H3,(H,21,22)/t16-,18-,20-/m1/s1. The van der Waals surface area contributed by atoms with Gasteiger partial charge in [-0.05, 0) is 50.7 Å². The Morgan fingerprint density at radius 1 is 1.20 bits per heavy atom. The average molecular weight is 347 g/mol. The van der Waals surface area contributed by atoms with E-state index in [0.29, 0.717) is 18.9 Å². The van der Waals surface area contributed by atoms with Gasteiger partial charge in [-0.1, -0.05) is 17.7 Å². The molecule has 1 heterocycles. The molecule has 138 valence electrons. The molecule has 0 aromatic heterocycles. The maximum absolute atomic E-state index is 12.1. The second-order valence-electron chi connectivity index (χ2n) is 7.36. The van der Waals surface area contributed by atoms with Crippen LogP contribution in [0, 0.1) is 18.8 Å². The Balaban J connectivity index is 1.41. The van der Waals surface area contributed by atoms with Gasteiger partial charge in [-0.15, -0.1) is 0 Å². The van der Waals surface area contributed by atoms with Crippen molar-refractivity contribution in [2.45, 2.75) is 51.2 Å². The van der Waals surface area contributed by atoms with Crippen LogP contribution in [0.2, 0.25) is 0 Å². The summed E-state index contributed by atoms with van der Waals surface area (Å²) in [5, 5.41) is 13.5. The number of aliphatic hydroxyl groups excluding tert-OH is 1. The number of hydrogen-bond acceptors (Lipinski definition) is 4. The van der Waals surface area contributed by atoms with E-state index < -0.39 is 6.10 Å². The highest BCUT2D eigenvalue weighted by Gasteiger charge is 2.36. The fraction of sp³-hybridized carbons (Fsp3) is 0.650. The molecule has 1 amide bonds. The molecule has 5 heteroatoms. The lowest BCUT2D eigenvalue weighted by molar-refractivity contribution is -0.123. The number of aryl methyl sites for hydroxylation is 1. The number of hydrogen-bond donors (Lipinski definition) is 2. The normalized spacial score (nSPS) is 27.2. The van der Waals surface area contributed by atoms with E-state index in [2.05, 4.69) is 5.32 Å². The van der Waals surface area contributed by atoms with E-state index in [9.17, 15) is 9.90 Å². The minimum Gasteiger partial charge on any atom is -0.488 e. The number of carbonyl (C=O) groups is 1. The van der Waals surface area contributed by atoms with E-state index in [1.807, 2.05) is 31.2 Å². The van der Waals surface area contributed by atoms with Crippen molar-refractivity contribution in [2.75, 3.05) is 19.8 Å². The van der Waals surface area contributed by atoms with Gasteiger partial charge in [0.25, 0.3) is 0 Å². The number of ether oxygens (including phenoxy) is 2. The Bertz CT molecular complexity index is 553. The summed E-state index contributed by atoms with van der Waals surface area (Å²) in [5.74, 6) is 1.37. The van der Waals surface area contributed by atoms with Crippen molar-refractivity contribution in [3.05, 3.63) is 29.8 Å². The van der Waals surface area contributed by atoms with Gasteiger partial charge in [0.2, 0.25) is 5.91 Å². The second-order valence-corrected chi connectivity index (χ2v) is 7.36. The van der Waals surface area contributed by atoms with E-state index in [1.165, 1.54) is 5.56 Å². The molecular formula is C20H29NO4. The van der Waals surface area contributed by atoms with Crippen molar-refractivity contribution in [1.82, 2.24) is 5.32 Å². The van der Waals surface area contributed by atoms with Gasteiger partial charge in [-0.3, -0.25) is 4.79 Å². The van der Waals surface area contributed by atoms with E-state index in [1.54, 1.807) is 0 Å². The van der Waals surface area contributed by atoms with Crippen molar-refractivity contribution in [3.63, 3.8) is 0 Å². The van der Waals surface area contributed by atoms with Crippen LogP contribution in [0.5, 0.6) is 5.75 Å². The highest BCUT2D eigenvalue weighted by molar-refractivity contribution is 5.76. The molecule has 1 aliphatic carbocycles. The van der Waals surface area contributed by atoms with Crippen molar-refractivity contribution in [2.24, 2.45) is 11.8 Å². The zero-order valence-corrected chi connectivity index (χ0v) is 14.9. The number of benzene rings is 1. The fourth-order valence-corrected chi connectivity index (χ4v) is 3.70. The summed E-state index contributed by atoms with van der Waals surface area (Å²) >= 11 is 0. The molecule has 1 aliphatic heterocycles. The zero-order valence-electron chi connectivity index (χ0n) is 14.9. The van der Waals surface area contributed by atoms with Gasteiger partial charge in [0, 0.05) is 32.1 Å². The predicted octanol–water partition coefficient (Wildman–Crippen LogP) is 2.45. The summed E-state index contributed by atoms with van der Waals surface area (Å²) in [6, 6.07) is 7.88. The third-order valence-corrected chi connectivity index (χ3v) is 5.37. The van der Waals surface area contributed by atoms with Crippen LogP contribution in [0.15, 0.2) is 24.3 Å². The van der Waals surface area contributed by atoms with E-state index in [0.717, 1.165) is 44.6 Å². The molecule has 1 aromatic rings. The Kier molecular flexibility index (Phi) is 6.32. The highest BCUT2D eigenvalue weighted by Crippen LogP contribution is 2.29. The Labute approximate surface area is 149 Å². The van der Waals surface area contributed by atoms with Crippen LogP contribution in [0.3, 0.4) is 0 Å². The molecule has 0 radical (unpaired) electrons. The smallest absolute Gasteiger partial charge is 0.220 e. The quantitative estimate of drug-likeness (QED) is 0.829. The van der Waals surface area contributed by atoms with Gasteiger partial charge in [0.05, 0.1) is 6.10 Å². The number of amides is 1. The first-order valence-corrected chi connectivity index (χ1v) is 9.37. The van der Waals surface area contributed by atoms with Crippen LogP contribution in [-0.4, -0.2) is 43.0 Å². The van der Waals surface area contributed by atoms with Gasteiger partial charge >= 0.3 is 0 Å². The monoisotopic (exact) mass is 347 g/mol. The lowest BCUT2D eigenvalue weighted by Gasteiger charge is -2.23. The summed E-state index contributed by atoms with van der Waals surface area (Å²) in [6.45, 7) is 4.08. The first-order chi connectivity index (χ1) is 12.1. The van der Waals surface area contributed by atoms with Crippen molar-refractivity contribution in [3.8, 4) is 5.75 Å². The maximum Gasteiger partial charge on any atom is 0.220 e. The molecule has 0 bridgehead atoms. The predicted molar refractivity (Wildman–Crippen MR) is 95.5 cm³/mol. The molecule has 25 heavy (non-hydrogen) atoms. The molecule has 1 aromatic carbocycles. The van der Waals surface area contributed by atoms with E-state index in [-0.39, 0.29) is 17.9 Å². The molecule has 3 rings (SSSR count). The zero-order chi connectivity index (χ0) is 17.6. The van der Waals surface area contributed by atoms with Crippen molar-refractivity contribution >= 4 is 5.91 Å². The van der Waals surface area contributed by atoms with E-state index in [4.69, 9.17) is 9.47 Å². The Morgan fingerprint density at radius 3 is 2.64 bits per heavy atom. The summed E-state index contributed by atoms with van der Waals surface area (Å²) < 4.78 is 11.2. The van der Waals surface area contributed by atoms with E-state index >= 15 is 0 Å². The molecule has 5 nitrogen and oxygen atoms in total. The highest BCUT2D eigenvalue weighted by atomic mass is 16.5. The van der Waals surface area contributed by atoms with Crippen LogP contribution in [0.25, 0.3) is 0 Å². The van der Waals surface area contributed by atoms with Crippen LogP contribution in [0.1, 0.15) is 37.7 Å². The number of nitrogens with one attached hydrogen (secondary N) is 1. The summed E-state index contributed by atoms with van der Waals surface area (Å²) in [5.41, 5.74) is 1.18. The first-order valence-electron chi connectivity index (χ1n) is 9.37. The lowest BCUT2D eigenvalue weighted by atomic mass is 9.96. The summed E-state index contributed by atoms with van der Waals surface area (Å²) in [7, 11) is 0. The topological polar surface area (TPSA) is 67.8 Å². The first kappa shape index (κ1) is 18.2. The molecule has 1 saturated heterocycles. The minimum atomic E-state index is -0.537. The second kappa shape index (κ2) is 8.68. The largest absolute Gasteiger partial charge is 0.488 e. The van der Waals surface area contributed by atoms with Crippen LogP contribution >= 0.6 is 0 Å². The van der Waals surface area contributed by atoms with Crippen LogP contribution < -0.4 is 10.1 Å². The third-order valence-electron chi connectivity index (χ3n) is 5.37. The third kappa shape index (κ3) is 5.19. The van der Waals surface area contributed by atoms with Gasteiger partial charge in [0.1, 0.15) is 11.9 Å².